The van der Waals surface area contributed by atoms with Crippen LogP contribution in [0.4, 0.5) is 0 Å². The molecule has 0 heterocycles. The number of unbranched alkanes of at least 4 members (excludes halogenated alkanes) is 6. The van der Waals surface area contributed by atoms with Crippen molar-refractivity contribution < 1.29 is 122 Å². The van der Waals surface area contributed by atoms with Crippen molar-refractivity contribution in [2.45, 2.75) is 265 Å². The zero-order valence-corrected chi connectivity index (χ0v) is 61.4. The van der Waals surface area contributed by atoms with E-state index in [2.05, 4.69) is 53.2 Å². The number of nitrogens with one attached hydrogen (secondary N) is 11. The number of aliphatic carboxylic acids is 7. The molecule has 43 nitrogen and oxygen atoms in total. The van der Waals surface area contributed by atoms with Crippen LogP contribution in [-0.2, 0) is 86.3 Å². The van der Waals surface area contributed by atoms with Crippen molar-refractivity contribution in [3.05, 3.63) is 0 Å². The van der Waals surface area contributed by atoms with Gasteiger partial charge in [-0.25, -0.2) is 4.79 Å². The molecule has 0 aromatic rings. The summed E-state index contributed by atoms with van der Waals surface area (Å²) in [7, 11) is 0. The summed E-state index contributed by atoms with van der Waals surface area (Å²) in [5.41, 5.74) is 40.7. The largest absolute Gasteiger partial charge is 0.481 e. The number of rotatable bonds is 65. The van der Waals surface area contributed by atoms with Crippen LogP contribution in [0.5, 0.6) is 0 Å². The number of carbonyl (C=O) groups excluding carboxylic acids is 11. The minimum Gasteiger partial charge on any atom is -0.481 e. The Hall–Kier alpha value is -9.82. The molecule has 109 heavy (non-hydrogen) atoms. The fourth-order valence-corrected chi connectivity index (χ4v) is 10.7. The van der Waals surface area contributed by atoms with Gasteiger partial charge < -0.3 is 134 Å². The first-order valence-corrected chi connectivity index (χ1v) is 36.4. The average molecular weight is 1560 g/mol. The molecular weight excluding hydrogens is 1440 g/mol. The van der Waals surface area contributed by atoms with Crippen LogP contribution >= 0.6 is 0 Å². The van der Waals surface area contributed by atoms with Crippen LogP contribution in [0.3, 0.4) is 0 Å². The summed E-state index contributed by atoms with van der Waals surface area (Å²) in [5.74, 6) is -23.3. The summed E-state index contributed by atoms with van der Waals surface area (Å²) < 4.78 is 0. The van der Waals surface area contributed by atoms with Crippen molar-refractivity contribution in [2.24, 2.45) is 40.1 Å². The third-order valence-corrected chi connectivity index (χ3v) is 16.9. The van der Waals surface area contributed by atoms with Gasteiger partial charge in [0.2, 0.25) is 65.0 Å². The Morgan fingerprint density at radius 1 is 0.193 bits per heavy atom. The molecule has 32 N–H and O–H groups in total. The number of carboxylic acid groups (broad SMARTS) is 7. The number of nitrogens with two attached hydrogens (primary N) is 7. The highest BCUT2D eigenvalue weighted by Gasteiger charge is 2.38. The summed E-state index contributed by atoms with van der Waals surface area (Å²) in [6.07, 6.45) is -5.77. The van der Waals surface area contributed by atoms with Gasteiger partial charge in [0, 0.05) is 38.5 Å². The zero-order valence-electron chi connectivity index (χ0n) is 61.4. The van der Waals surface area contributed by atoms with Crippen LogP contribution in [0, 0.1) is 0 Å². The van der Waals surface area contributed by atoms with Gasteiger partial charge in [-0.15, -0.1) is 0 Å². The summed E-state index contributed by atoms with van der Waals surface area (Å²) in [6, 6.07) is -20.0. The van der Waals surface area contributed by atoms with E-state index in [1.54, 1.807) is 0 Å². The molecule has 0 radical (unpaired) electrons. The highest BCUT2D eigenvalue weighted by atomic mass is 16.4. The molecule has 0 rings (SSSR count). The standard InChI is InChI=1S/C66H116N18O25/c67-31-7-1-13-37(73)55(97)74-38(14-2-8-32-68)56(98)75-39(15-3-9-33-69)57(99)76-40(16-4-10-34-70)58(100)77-41(17-5-11-35-71)59(101)78-42(18-6-12-36-72)60(102)79-43(19-25-49(85)86)61(103)80-44(20-26-50(87)88)62(104)81-45(21-27-51(89)90)63(105)82-46(22-28-52(91)92)64(106)83-47(23-29-53(93)94)65(107)84-48(66(108)109)24-30-54(95)96/h37-48H,1-36,67-73H2,(H,74,97)(H,75,98)(H,76,99)(H,77,100)(H,78,101)(H,79,102)(H,80,103)(H,81,104)(H,82,105)(H,83,106)(H,84,107)(H,85,86)(H,87,88)(H,89,90)(H,91,92)(H,93,94)(H,95,96)(H,108,109)/t37-,38-,39-,40-,41-,42-,43-,44-,45-,46-,47-,48-/m0/s1. The monoisotopic (exact) mass is 1560 g/mol. The van der Waals surface area contributed by atoms with E-state index in [1.165, 1.54) is 0 Å². The van der Waals surface area contributed by atoms with Crippen LogP contribution in [0.15, 0.2) is 0 Å². The maximum atomic E-state index is 14.6. The molecule has 43 heteroatoms. The van der Waals surface area contributed by atoms with Crippen LogP contribution in [0.2, 0.25) is 0 Å². The second-order valence-corrected chi connectivity index (χ2v) is 25.9. The van der Waals surface area contributed by atoms with E-state index >= 15 is 0 Å². The van der Waals surface area contributed by atoms with Crippen molar-refractivity contribution in [1.82, 2.24) is 58.5 Å². The molecule has 0 aliphatic rings. The molecule has 0 aliphatic heterocycles. The van der Waals surface area contributed by atoms with Gasteiger partial charge in [0.15, 0.2) is 0 Å². The van der Waals surface area contributed by atoms with Gasteiger partial charge in [0.05, 0.1) is 6.04 Å². The average Bonchev–Trinajstić information content (AvgIpc) is 0.859. The number of carbonyl (C=O) groups is 18. The van der Waals surface area contributed by atoms with Crippen LogP contribution in [-0.4, -0.2) is 254 Å². The SMILES string of the molecule is NCCCC[C@H](NC(=O)[C@H](CCCCN)NC(=O)[C@H](CCCCN)NC(=O)[C@H](CCCCN)NC(=O)[C@H](CCCCN)NC(=O)[C@@H](N)CCCCN)C(=O)N[C@@H](CCC(=O)O)C(=O)N[C@@H](CCC(=O)O)C(=O)N[C@@H](CCC(=O)O)C(=O)N[C@@H](CCC(=O)O)C(=O)N[C@@H](CCC(=O)O)C(=O)N[C@@H](CCC(=O)O)C(=O)O. The summed E-state index contributed by atoms with van der Waals surface area (Å²) in [6.45, 7) is 1.26. The molecule has 0 aliphatic carbocycles. The minimum atomic E-state index is -2.08. The van der Waals surface area contributed by atoms with Crippen molar-refractivity contribution in [3.63, 3.8) is 0 Å². The van der Waals surface area contributed by atoms with E-state index in [-0.39, 0.29) is 96.9 Å². The topological polar surface area (TPSA) is 763 Å². The van der Waals surface area contributed by atoms with E-state index in [0.717, 1.165) is 0 Å². The second kappa shape index (κ2) is 57.3. The molecule has 0 aromatic carbocycles. The predicted molar refractivity (Wildman–Crippen MR) is 386 cm³/mol. The van der Waals surface area contributed by atoms with E-state index in [0.29, 0.717) is 57.9 Å². The summed E-state index contributed by atoms with van der Waals surface area (Å²) in [5, 5.41) is 92.9. The summed E-state index contributed by atoms with van der Waals surface area (Å²) >= 11 is 0. The van der Waals surface area contributed by atoms with Crippen molar-refractivity contribution in [3.8, 4) is 0 Å². The minimum absolute atomic E-state index is 0.0215. The van der Waals surface area contributed by atoms with Gasteiger partial charge in [0.25, 0.3) is 0 Å². The Balaban J connectivity index is 7.47. The molecule has 11 amide bonds. The molecule has 0 saturated heterocycles. The van der Waals surface area contributed by atoms with Crippen LogP contribution < -0.4 is 98.6 Å². The van der Waals surface area contributed by atoms with Gasteiger partial charge in [-0.1, -0.05) is 6.42 Å². The van der Waals surface area contributed by atoms with E-state index < -0.39 is 256 Å². The Kier molecular flexibility index (Phi) is 52.2. The third-order valence-electron chi connectivity index (χ3n) is 16.9. The first-order valence-electron chi connectivity index (χ1n) is 36.4. The Bertz CT molecular complexity index is 2970. The highest BCUT2D eigenvalue weighted by Crippen LogP contribution is 2.15. The van der Waals surface area contributed by atoms with Crippen LogP contribution in [0.1, 0.15) is 193 Å². The van der Waals surface area contributed by atoms with E-state index in [9.17, 15) is 117 Å². The quantitative estimate of drug-likeness (QED) is 0.0252. The van der Waals surface area contributed by atoms with Gasteiger partial charge in [-0.3, -0.25) is 81.5 Å². The molecule has 0 fully saturated rings. The maximum absolute atomic E-state index is 14.6. The number of carboxylic acids is 7. The van der Waals surface area contributed by atoms with E-state index in [1.807, 2.05) is 5.32 Å². The fraction of sp³-hybridized carbons (Fsp3) is 0.727. The lowest BCUT2D eigenvalue weighted by molar-refractivity contribution is -0.144. The first-order chi connectivity index (χ1) is 51.6. The number of amides is 11. The lowest BCUT2D eigenvalue weighted by atomic mass is 10.0. The maximum Gasteiger partial charge on any atom is 0.326 e. The smallest absolute Gasteiger partial charge is 0.326 e. The Morgan fingerprint density at radius 3 is 0.486 bits per heavy atom. The predicted octanol–water partition coefficient (Wildman–Crippen LogP) is -6.31. The van der Waals surface area contributed by atoms with E-state index in [4.69, 9.17) is 45.2 Å². The van der Waals surface area contributed by atoms with Gasteiger partial charge in [0.1, 0.15) is 66.5 Å². The number of hydrogen-bond donors (Lipinski definition) is 25. The van der Waals surface area contributed by atoms with Crippen LogP contribution in [0.25, 0.3) is 0 Å². The molecule has 12 atom stereocenters. The Labute approximate surface area is 629 Å². The molecular formula is C66H116N18O25. The molecule has 620 valence electrons. The van der Waals surface area contributed by atoms with Crippen molar-refractivity contribution >= 4 is 107 Å². The Morgan fingerprint density at radius 2 is 0.330 bits per heavy atom. The molecule has 0 saturated carbocycles. The third kappa shape index (κ3) is 44.9. The first kappa shape index (κ1) is 99.2. The lowest BCUT2D eigenvalue weighted by Crippen LogP contribution is -2.61. The van der Waals surface area contributed by atoms with Gasteiger partial charge >= 0.3 is 41.8 Å². The zero-order chi connectivity index (χ0) is 82.6. The molecule has 0 unspecified atom stereocenters. The molecule has 0 spiro atoms. The normalized spacial score (nSPS) is 14.3. The molecule has 0 aromatic heterocycles. The van der Waals surface area contributed by atoms with Gasteiger partial charge in [-0.2, -0.15) is 0 Å². The second-order valence-electron chi connectivity index (χ2n) is 25.9. The van der Waals surface area contributed by atoms with Crippen molar-refractivity contribution in [2.75, 3.05) is 39.3 Å². The number of hydrogen-bond acceptors (Lipinski definition) is 25. The van der Waals surface area contributed by atoms with Gasteiger partial charge in [-0.05, 0) is 187 Å². The summed E-state index contributed by atoms with van der Waals surface area (Å²) in [4.78, 5) is 238. The fourth-order valence-electron chi connectivity index (χ4n) is 10.7. The van der Waals surface area contributed by atoms with Crippen molar-refractivity contribution in [1.29, 1.82) is 0 Å². The highest BCUT2D eigenvalue weighted by molar-refractivity contribution is 6.00. The molecule has 0 bridgehead atoms. The lowest BCUT2D eigenvalue weighted by Gasteiger charge is -2.28.